The van der Waals surface area contributed by atoms with Gasteiger partial charge in [0.25, 0.3) is 5.91 Å². The van der Waals surface area contributed by atoms with Crippen LogP contribution < -0.4 is 11.1 Å². The van der Waals surface area contributed by atoms with Gasteiger partial charge in [0.05, 0.1) is 12.1 Å². The number of anilines is 1. The van der Waals surface area contributed by atoms with Crippen LogP contribution in [-0.4, -0.2) is 33.6 Å². The van der Waals surface area contributed by atoms with Gasteiger partial charge in [-0.25, -0.2) is 4.98 Å². The summed E-state index contributed by atoms with van der Waals surface area (Å²) in [5.41, 5.74) is 7.37. The predicted molar refractivity (Wildman–Crippen MR) is 94.7 cm³/mol. The van der Waals surface area contributed by atoms with Crippen molar-refractivity contribution in [2.24, 2.45) is 5.73 Å². The molecule has 1 aliphatic rings. The van der Waals surface area contributed by atoms with Gasteiger partial charge in [0.15, 0.2) is 5.13 Å². The Bertz CT molecular complexity index is 855. The second-order valence-corrected chi connectivity index (χ2v) is 6.48. The van der Waals surface area contributed by atoms with Crippen molar-refractivity contribution in [1.82, 2.24) is 9.88 Å². The maximum Gasteiger partial charge on any atom is 0.259 e. The van der Waals surface area contributed by atoms with Crippen LogP contribution in [0.25, 0.3) is 5.70 Å². The van der Waals surface area contributed by atoms with Gasteiger partial charge >= 0.3 is 0 Å². The highest BCUT2D eigenvalue weighted by molar-refractivity contribution is 7.13. The number of thiazole rings is 1. The van der Waals surface area contributed by atoms with Crippen molar-refractivity contribution in [2.75, 3.05) is 5.32 Å². The predicted octanol–water partition coefficient (Wildman–Crippen LogP) is 1.62. The van der Waals surface area contributed by atoms with E-state index in [1.54, 1.807) is 30.5 Å². The van der Waals surface area contributed by atoms with Crippen LogP contribution in [0.1, 0.15) is 28.5 Å². The third kappa shape index (κ3) is 3.16. The molecule has 3 amide bonds. The van der Waals surface area contributed by atoms with Crippen LogP contribution in [0.2, 0.25) is 0 Å². The third-order valence-corrected chi connectivity index (χ3v) is 4.69. The standard InChI is InChI=1S/C17H16N4O3S/c1-9-12-5-3-4-6-13(12)16(24)21(9)10(2)15(23)20-17-19-11(8-25-17)7-14(18)22/h3-6,8,10H,1,7H2,2H3,(H2,18,22)(H,19,20,23). The molecule has 2 aromatic rings. The maximum absolute atomic E-state index is 12.6. The van der Waals surface area contributed by atoms with Crippen molar-refractivity contribution in [3.05, 3.63) is 53.0 Å². The largest absolute Gasteiger partial charge is 0.369 e. The van der Waals surface area contributed by atoms with E-state index in [2.05, 4.69) is 16.9 Å². The summed E-state index contributed by atoms with van der Waals surface area (Å²) in [7, 11) is 0. The van der Waals surface area contributed by atoms with Gasteiger partial charge in [-0.3, -0.25) is 19.3 Å². The summed E-state index contributed by atoms with van der Waals surface area (Å²) in [6.45, 7) is 5.56. The Morgan fingerprint density at radius 1 is 1.36 bits per heavy atom. The highest BCUT2D eigenvalue weighted by Crippen LogP contribution is 2.33. The molecule has 0 fully saturated rings. The molecule has 3 rings (SSSR count). The van der Waals surface area contributed by atoms with Gasteiger partial charge in [0.1, 0.15) is 6.04 Å². The van der Waals surface area contributed by atoms with Crippen molar-refractivity contribution in [1.29, 1.82) is 0 Å². The van der Waals surface area contributed by atoms with Gasteiger partial charge in [-0.15, -0.1) is 11.3 Å². The minimum atomic E-state index is -0.754. The molecule has 0 saturated carbocycles. The van der Waals surface area contributed by atoms with Crippen molar-refractivity contribution in [2.45, 2.75) is 19.4 Å². The summed E-state index contributed by atoms with van der Waals surface area (Å²) >= 11 is 1.19. The fourth-order valence-electron chi connectivity index (χ4n) is 2.66. The van der Waals surface area contributed by atoms with Crippen molar-refractivity contribution < 1.29 is 14.4 Å². The number of primary amides is 1. The van der Waals surface area contributed by atoms with Crippen LogP contribution in [0.15, 0.2) is 36.2 Å². The minimum Gasteiger partial charge on any atom is -0.369 e. The lowest BCUT2D eigenvalue weighted by molar-refractivity contribution is -0.119. The number of hydrogen-bond acceptors (Lipinski definition) is 5. The average Bonchev–Trinajstić information content (AvgIpc) is 3.10. The second-order valence-electron chi connectivity index (χ2n) is 5.62. The van der Waals surface area contributed by atoms with E-state index >= 15 is 0 Å². The van der Waals surface area contributed by atoms with Crippen molar-refractivity contribution in [3.8, 4) is 0 Å². The Morgan fingerprint density at radius 2 is 2.04 bits per heavy atom. The van der Waals surface area contributed by atoms with E-state index in [0.717, 1.165) is 5.56 Å². The molecule has 0 aliphatic carbocycles. The highest BCUT2D eigenvalue weighted by Gasteiger charge is 2.36. The van der Waals surface area contributed by atoms with Crippen LogP contribution >= 0.6 is 11.3 Å². The minimum absolute atomic E-state index is 0.0125. The molecule has 8 heteroatoms. The zero-order valence-electron chi connectivity index (χ0n) is 13.5. The summed E-state index contributed by atoms with van der Waals surface area (Å²) in [5.74, 6) is -1.13. The number of nitrogens with one attached hydrogen (secondary N) is 1. The van der Waals surface area contributed by atoms with E-state index in [1.165, 1.54) is 16.2 Å². The topological polar surface area (TPSA) is 105 Å². The zero-order chi connectivity index (χ0) is 18.1. The number of carbonyl (C=O) groups is 3. The quantitative estimate of drug-likeness (QED) is 0.849. The number of nitrogens with two attached hydrogens (primary N) is 1. The van der Waals surface area contributed by atoms with Crippen LogP contribution in [0.5, 0.6) is 0 Å². The molecule has 3 N–H and O–H groups in total. The summed E-state index contributed by atoms with van der Waals surface area (Å²) in [6.07, 6.45) is 0.0125. The van der Waals surface area contributed by atoms with Crippen LogP contribution in [0.3, 0.4) is 0 Å². The Morgan fingerprint density at radius 3 is 2.68 bits per heavy atom. The summed E-state index contributed by atoms with van der Waals surface area (Å²) in [6, 6.07) is 6.35. The van der Waals surface area contributed by atoms with E-state index in [0.29, 0.717) is 22.1 Å². The van der Waals surface area contributed by atoms with Gasteiger partial charge in [-0.05, 0) is 13.0 Å². The molecule has 1 aromatic carbocycles. The Labute approximate surface area is 148 Å². The van der Waals surface area contributed by atoms with E-state index in [-0.39, 0.29) is 18.2 Å². The molecule has 128 valence electrons. The summed E-state index contributed by atoms with van der Waals surface area (Å²) in [4.78, 5) is 41.5. The lowest BCUT2D eigenvalue weighted by Crippen LogP contribution is -2.41. The fraction of sp³-hybridized carbons (Fsp3) is 0.176. The fourth-order valence-corrected chi connectivity index (χ4v) is 3.38. The number of fused-ring (bicyclic) bond motifs is 1. The van der Waals surface area contributed by atoms with Gasteiger partial charge in [-0.2, -0.15) is 0 Å². The normalized spacial score (nSPS) is 14.4. The monoisotopic (exact) mass is 356 g/mol. The van der Waals surface area contributed by atoms with Gasteiger partial charge < -0.3 is 11.1 Å². The number of rotatable bonds is 5. The first-order valence-electron chi connectivity index (χ1n) is 7.54. The van der Waals surface area contributed by atoms with Crippen LogP contribution in [-0.2, 0) is 16.0 Å². The number of benzene rings is 1. The molecule has 25 heavy (non-hydrogen) atoms. The number of carbonyl (C=O) groups excluding carboxylic acids is 3. The first kappa shape index (κ1) is 16.8. The van der Waals surface area contributed by atoms with E-state index in [4.69, 9.17) is 5.73 Å². The average molecular weight is 356 g/mol. The molecule has 2 heterocycles. The van der Waals surface area contributed by atoms with Crippen molar-refractivity contribution >= 4 is 39.9 Å². The molecule has 1 aliphatic heterocycles. The van der Waals surface area contributed by atoms with E-state index < -0.39 is 11.9 Å². The molecule has 1 aromatic heterocycles. The maximum atomic E-state index is 12.6. The van der Waals surface area contributed by atoms with Gasteiger partial charge in [-0.1, -0.05) is 24.8 Å². The zero-order valence-corrected chi connectivity index (χ0v) is 14.3. The molecule has 0 spiro atoms. The molecule has 0 radical (unpaired) electrons. The number of nitrogens with zero attached hydrogens (tertiary/aromatic N) is 2. The molecule has 1 atom stereocenters. The lowest BCUT2D eigenvalue weighted by Gasteiger charge is -2.24. The molecule has 7 nitrogen and oxygen atoms in total. The number of hydrogen-bond donors (Lipinski definition) is 2. The van der Waals surface area contributed by atoms with Crippen LogP contribution in [0, 0.1) is 0 Å². The van der Waals surface area contributed by atoms with Gasteiger partial charge in [0, 0.05) is 22.2 Å². The first-order valence-corrected chi connectivity index (χ1v) is 8.42. The summed E-state index contributed by atoms with van der Waals surface area (Å²) < 4.78 is 0. The molecular weight excluding hydrogens is 340 g/mol. The Hall–Kier alpha value is -3.00. The Kier molecular flexibility index (Phi) is 4.37. The molecule has 0 bridgehead atoms. The van der Waals surface area contributed by atoms with E-state index in [1.807, 2.05) is 6.07 Å². The third-order valence-electron chi connectivity index (χ3n) is 3.88. The second kappa shape index (κ2) is 6.48. The first-order chi connectivity index (χ1) is 11.9. The lowest BCUT2D eigenvalue weighted by atomic mass is 10.1. The van der Waals surface area contributed by atoms with Gasteiger partial charge in [0.2, 0.25) is 11.8 Å². The van der Waals surface area contributed by atoms with E-state index in [9.17, 15) is 14.4 Å². The Balaban J connectivity index is 1.73. The molecule has 1 unspecified atom stereocenters. The highest BCUT2D eigenvalue weighted by atomic mass is 32.1. The van der Waals surface area contributed by atoms with Crippen LogP contribution in [0.4, 0.5) is 5.13 Å². The molecular formula is C17H16N4O3S. The SMILES string of the molecule is C=C1c2ccccc2C(=O)N1C(C)C(=O)Nc1nc(CC(N)=O)cs1. The van der Waals surface area contributed by atoms with Crippen molar-refractivity contribution in [3.63, 3.8) is 0 Å². The smallest absolute Gasteiger partial charge is 0.259 e. The number of amides is 3. The summed E-state index contributed by atoms with van der Waals surface area (Å²) in [5, 5.41) is 4.66. The number of aromatic nitrogens is 1. The molecule has 0 saturated heterocycles.